The van der Waals surface area contributed by atoms with Crippen LogP contribution in [0.1, 0.15) is 12.5 Å². The van der Waals surface area contributed by atoms with Crippen LogP contribution in [0.4, 0.5) is 0 Å². The van der Waals surface area contributed by atoms with Crippen molar-refractivity contribution in [2.75, 3.05) is 20.3 Å². The molecule has 82 valence electrons. The molecule has 0 aliphatic rings. The zero-order valence-electron chi connectivity index (χ0n) is 8.93. The van der Waals surface area contributed by atoms with Crippen molar-refractivity contribution in [1.82, 2.24) is 0 Å². The van der Waals surface area contributed by atoms with Gasteiger partial charge in [0, 0.05) is 7.11 Å². The molecule has 0 radical (unpaired) electrons. The first-order valence-electron chi connectivity index (χ1n) is 4.68. The molecule has 0 saturated heterocycles. The van der Waals surface area contributed by atoms with E-state index in [0.717, 1.165) is 11.3 Å². The van der Waals surface area contributed by atoms with E-state index in [9.17, 15) is 0 Å². The Balaban J connectivity index is 2.56. The molecule has 0 aliphatic carbocycles. The highest BCUT2D eigenvalue weighted by molar-refractivity contribution is 5.98. The van der Waals surface area contributed by atoms with E-state index in [1.807, 2.05) is 24.3 Å². The summed E-state index contributed by atoms with van der Waals surface area (Å²) in [4.78, 5) is 0. The fourth-order valence-electron chi connectivity index (χ4n) is 1.09. The van der Waals surface area contributed by atoms with Gasteiger partial charge in [0.1, 0.15) is 12.4 Å². The average Bonchev–Trinajstić information content (AvgIpc) is 2.29. The van der Waals surface area contributed by atoms with E-state index in [4.69, 9.17) is 14.7 Å². The minimum atomic E-state index is 0.531. The van der Waals surface area contributed by atoms with Gasteiger partial charge in [-0.15, -0.1) is 0 Å². The standard InChI is InChI=1S/C11H15NO3/c1-9(12-13)10-3-5-11(6-4-10)15-8-7-14-2/h3-6,13H,7-8H2,1-2H3. The first kappa shape index (κ1) is 11.5. The predicted octanol–water partition coefficient (Wildman–Crippen LogP) is 1.91. The van der Waals surface area contributed by atoms with Crippen LogP contribution in [0.15, 0.2) is 29.4 Å². The highest BCUT2D eigenvalue weighted by Gasteiger charge is 1.98. The van der Waals surface area contributed by atoms with Crippen molar-refractivity contribution in [3.8, 4) is 5.75 Å². The lowest BCUT2D eigenvalue weighted by Crippen LogP contribution is -2.04. The molecule has 15 heavy (non-hydrogen) atoms. The lowest BCUT2D eigenvalue weighted by molar-refractivity contribution is 0.146. The van der Waals surface area contributed by atoms with Gasteiger partial charge in [-0.2, -0.15) is 0 Å². The third kappa shape index (κ3) is 3.59. The molecular weight excluding hydrogens is 194 g/mol. The third-order valence-electron chi connectivity index (χ3n) is 1.98. The van der Waals surface area contributed by atoms with Crippen LogP contribution < -0.4 is 4.74 Å². The predicted molar refractivity (Wildman–Crippen MR) is 57.8 cm³/mol. The molecule has 0 fully saturated rings. The number of methoxy groups -OCH3 is 1. The van der Waals surface area contributed by atoms with Crippen LogP contribution in [0.25, 0.3) is 0 Å². The maximum Gasteiger partial charge on any atom is 0.119 e. The van der Waals surface area contributed by atoms with Crippen LogP contribution in [0.5, 0.6) is 5.75 Å². The average molecular weight is 209 g/mol. The summed E-state index contributed by atoms with van der Waals surface area (Å²) < 4.78 is 10.3. The molecular formula is C11H15NO3. The zero-order valence-corrected chi connectivity index (χ0v) is 8.93. The number of hydrogen-bond donors (Lipinski definition) is 1. The molecule has 1 N–H and O–H groups in total. The second kappa shape index (κ2) is 6.03. The van der Waals surface area contributed by atoms with Crippen molar-refractivity contribution in [1.29, 1.82) is 0 Å². The van der Waals surface area contributed by atoms with Crippen LogP contribution >= 0.6 is 0 Å². The highest BCUT2D eigenvalue weighted by atomic mass is 16.5. The molecule has 4 nitrogen and oxygen atoms in total. The van der Waals surface area contributed by atoms with Crippen molar-refractivity contribution in [3.05, 3.63) is 29.8 Å². The molecule has 0 aromatic heterocycles. The molecule has 4 heteroatoms. The van der Waals surface area contributed by atoms with E-state index in [1.165, 1.54) is 0 Å². The largest absolute Gasteiger partial charge is 0.491 e. The van der Waals surface area contributed by atoms with Crippen LogP contribution in [0, 0.1) is 0 Å². The Morgan fingerprint density at radius 2 is 1.93 bits per heavy atom. The smallest absolute Gasteiger partial charge is 0.119 e. The van der Waals surface area contributed by atoms with Crippen LogP contribution in [0.3, 0.4) is 0 Å². The van der Waals surface area contributed by atoms with Crippen molar-refractivity contribution in [2.24, 2.45) is 5.16 Å². The van der Waals surface area contributed by atoms with E-state index in [0.29, 0.717) is 18.9 Å². The van der Waals surface area contributed by atoms with E-state index in [2.05, 4.69) is 5.16 Å². The van der Waals surface area contributed by atoms with E-state index in [1.54, 1.807) is 14.0 Å². The second-order valence-electron chi connectivity index (χ2n) is 3.05. The summed E-state index contributed by atoms with van der Waals surface area (Å²) in [6.07, 6.45) is 0. The zero-order chi connectivity index (χ0) is 11.1. The summed E-state index contributed by atoms with van der Waals surface area (Å²) in [7, 11) is 1.63. The summed E-state index contributed by atoms with van der Waals surface area (Å²) >= 11 is 0. The quantitative estimate of drug-likeness (QED) is 0.349. The van der Waals surface area contributed by atoms with Gasteiger partial charge in [0.2, 0.25) is 0 Å². The SMILES string of the molecule is COCCOc1ccc(C(C)=NO)cc1. The Labute approximate surface area is 89.1 Å². The number of hydrogen-bond acceptors (Lipinski definition) is 4. The van der Waals surface area contributed by atoms with Crippen molar-refractivity contribution in [2.45, 2.75) is 6.92 Å². The fraction of sp³-hybridized carbons (Fsp3) is 0.364. The Morgan fingerprint density at radius 3 is 2.47 bits per heavy atom. The molecule has 0 bridgehead atoms. The van der Waals surface area contributed by atoms with Gasteiger partial charge in [-0.1, -0.05) is 5.16 Å². The molecule has 0 aliphatic heterocycles. The molecule has 0 saturated carbocycles. The fourth-order valence-corrected chi connectivity index (χ4v) is 1.09. The summed E-state index contributed by atoms with van der Waals surface area (Å²) in [5.74, 6) is 0.779. The Hall–Kier alpha value is -1.55. The minimum absolute atomic E-state index is 0.531. The minimum Gasteiger partial charge on any atom is -0.491 e. The van der Waals surface area contributed by atoms with Crippen LogP contribution in [0.2, 0.25) is 0 Å². The molecule has 0 heterocycles. The Bertz CT molecular complexity index is 319. The molecule has 0 spiro atoms. The number of nitrogens with zero attached hydrogens (tertiary/aromatic N) is 1. The maximum absolute atomic E-state index is 8.57. The van der Waals surface area contributed by atoms with Gasteiger partial charge in [0.05, 0.1) is 12.3 Å². The number of benzene rings is 1. The summed E-state index contributed by atoms with van der Waals surface area (Å²) in [6, 6.07) is 7.35. The normalized spacial score (nSPS) is 11.5. The molecule has 0 atom stereocenters. The summed E-state index contributed by atoms with van der Waals surface area (Å²) in [5.41, 5.74) is 1.45. The summed E-state index contributed by atoms with van der Waals surface area (Å²) in [6.45, 7) is 2.84. The Morgan fingerprint density at radius 1 is 1.27 bits per heavy atom. The van der Waals surface area contributed by atoms with Crippen molar-refractivity contribution in [3.63, 3.8) is 0 Å². The number of oxime groups is 1. The van der Waals surface area contributed by atoms with Gasteiger partial charge in [-0.3, -0.25) is 0 Å². The van der Waals surface area contributed by atoms with Crippen LogP contribution in [-0.2, 0) is 4.74 Å². The summed E-state index contributed by atoms with van der Waals surface area (Å²) in [5, 5.41) is 11.7. The molecule has 1 aromatic carbocycles. The van der Waals surface area contributed by atoms with Crippen molar-refractivity contribution < 1.29 is 14.7 Å². The number of rotatable bonds is 5. The van der Waals surface area contributed by atoms with Gasteiger partial charge in [0.25, 0.3) is 0 Å². The molecule has 1 aromatic rings. The maximum atomic E-state index is 8.57. The first-order valence-corrected chi connectivity index (χ1v) is 4.68. The third-order valence-corrected chi connectivity index (χ3v) is 1.98. The van der Waals surface area contributed by atoms with E-state index < -0.39 is 0 Å². The van der Waals surface area contributed by atoms with Gasteiger partial charge >= 0.3 is 0 Å². The van der Waals surface area contributed by atoms with Crippen LogP contribution in [-0.4, -0.2) is 31.2 Å². The van der Waals surface area contributed by atoms with Gasteiger partial charge < -0.3 is 14.7 Å². The monoisotopic (exact) mass is 209 g/mol. The van der Waals surface area contributed by atoms with Gasteiger partial charge in [-0.25, -0.2) is 0 Å². The lowest BCUT2D eigenvalue weighted by Gasteiger charge is -2.05. The van der Waals surface area contributed by atoms with Gasteiger partial charge in [0.15, 0.2) is 0 Å². The second-order valence-corrected chi connectivity index (χ2v) is 3.05. The molecule has 1 rings (SSSR count). The van der Waals surface area contributed by atoms with Gasteiger partial charge in [-0.05, 0) is 36.8 Å². The van der Waals surface area contributed by atoms with Crippen molar-refractivity contribution >= 4 is 5.71 Å². The number of ether oxygens (including phenoxy) is 2. The van der Waals surface area contributed by atoms with E-state index in [-0.39, 0.29) is 0 Å². The Kier molecular flexibility index (Phi) is 4.63. The van der Waals surface area contributed by atoms with E-state index >= 15 is 0 Å². The topological polar surface area (TPSA) is 51.0 Å². The highest BCUT2D eigenvalue weighted by Crippen LogP contribution is 2.12. The first-order chi connectivity index (χ1) is 7.27. The molecule has 0 unspecified atom stereocenters. The molecule has 0 amide bonds. The lowest BCUT2D eigenvalue weighted by atomic mass is 10.1.